The van der Waals surface area contributed by atoms with Crippen LogP contribution in [-0.2, 0) is 10.0 Å². The molecule has 1 aromatic carbocycles. The number of piperazine rings is 1. The van der Waals surface area contributed by atoms with E-state index in [4.69, 9.17) is 0 Å². The molecule has 0 amide bonds. The van der Waals surface area contributed by atoms with Gasteiger partial charge in [0.05, 0.1) is 11.3 Å². The number of aryl methyl sites for hydroxylation is 1. The fourth-order valence-corrected chi connectivity index (χ4v) is 4.02. The molecule has 1 aromatic heterocycles. The Morgan fingerprint density at radius 3 is 2.50 bits per heavy atom. The second-order valence-electron chi connectivity index (χ2n) is 5.59. The topological polar surface area (TPSA) is 53.5 Å². The van der Waals surface area contributed by atoms with Crippen molar-refractivity contribution in [3.63, 3.8) is 0 Å². The Labute approximate surface area is 131 Å². The molecule has 118 valence electrons. The van der Waals surface area contributed by atoms with E-state index in [0.717, 1.165) is 22.3 Å². The largest absolute Gasteiger partial charge is 0.368 e. The Bertz CT molecular complexity index is 781. The zero-order valence-electron chi connectivity index (χ0n) is 13.0. The van der Waals surface area contributed by atoms with E-state index in [-0.39, 0.29) is 5.75 Å². The van der Waals surface area contributed by atoms with Crippen LogP contribution in [0, 0.1) is 6.92 Å². The number of para-hydroxylation sites is 1. The summed E-state index contributed by atoms with van der Waals surface area (Å²) in [5.74, 6) is 0.171. The summed E-state index contributed by atoms with van der Waals surface area (Å²) < 4.78 is 25.5. The standard InChI is InChI=1S/C16H21N3O2S/c1-3-22(20,21)19-10-8-18(9-11-19)16-12-13(2)17-15-7-5-4-6-14(15)16/h4-7,12H,3,8-11H2,1-2H3. The van der Waals surface area contributed by atoms with Crippen LogP contribution in [0.5, 0.6) is 0 Å². The van der Waals surface area contributed by atoms with Gasteiger partial charge in [-0.3, -0.25) is 4.98 Å². The number of fused-ring (bicyclic) bond motifs is 1. The maximum atomic E-state index is 12.0. The average Bonchev–Trinajstić information content (AvgIpc) is 2.54. The molecule has 22 heavy (non-hydrogen) atoms. The second kappa shape index (κ2) is 5.85. The van der Waals surface area contributed by atoms with E-state index >= 15 is 0 Å². The number of anilines is 1. The monoisotopic (exact) mass is 319 g/mol. The fourth-order valence-electron chi connectivity index (χ4n) is 2.94. The van der Waals surface area contributed by atoms with E-state index < -0.39 is 10.0 Å². The van der Waals surface area contributed by atoms with Gasteiger partial charge < -0.3 is 4.90 Å². The lowest BCUT2D eigenvalue weighted by atomic mass is 10.1. The molecule has 1 fully saturated rings. The fraction of sp³-hybridized carbons (Fsp3) is 0.438. The second-order valence-corrected chi connectivity index (χ2v) is 7.84. The van der Waals surface area contributed by atoms with E-state index in [2.05, 4.69) is 22.0 Å². The molecule has 2 heterocycles. The zero-order chi connectivity index (χ0) is 15.7. The molecule has 0 radical (unpaired) electrons. The third-order valence-electron chi connectivity index (χ3n) is 4.16. The van der Waals surface area contributed by atoms with Crippen molar-refractivity contribution in [1.29, 1.82) is 0 Å². The third kappa shape index (κ3) is 2.80. The number of sulfonamides is 1. The zero-order valence-corrected chi connectivity index (χ0v) is 13.8. The number of rotatable bonds is 3. The highest BCUT2D eigenvalue weighted by Gasteiger charge is 2.26. The SMILES string of the molecule is CCS(=O)(=O)N1CCN(c2cc(C)nc3ccccc23)CC1. The Balaban J connectivity index is 1.88. The van der Waals surface area contributed by atoms with Gasteiger partial charge in [-0.25, -0.2) is 8.42 Å². The van der Waals surface area contributed by atoms with Gasteiger partial charge in [-0.05, 0) is 26.0 Å². The van der Waals surface area contributed by atoms with Crippen molar-refractivity contribution in [2.24, 2.45) is 0 Å². The number of aromatic nitrogens is 1. The molecule has 0 aliphatic carbocycles. The number of benzene rings is 1. The quantitative estimate of drug-likeness (QED) is 0.868. The molecule has 1 saturated heterocycles. The predicted octanol–water partition coefficient (Wildman–Crippen LogP) is 2.01. The molecule has 5 nitrogen and oxygen atoms in total. The maximum absolute atomic E-state index is 12.0. The van der Waals surface area contributed by atoms with E-state index in [1.807, 2.05) is 25.1 Å². The highest BCUT2D eigenvalue weighted by molar-refractivity contribution is 7.89. The van der Waals surface area contributed by atoms with E-state index in [1.165, 1.54) is 0 Å². The van der Waals surface area contributed by atoms with Gasteiger partial charge in [-0.2, -0.15) is 4.31 Å². The summed E-state index contributed by atoms with van der Waals surface area (Å²) in [6.07, 6.45) is 0. The summed E-state index contributed by atoms with van der Waals surface area (Å²) >= 11 is 0. The predicted molar refractivity (Wildman–Crippen MR) is 89.7 cm³/mol. The van der Waals surface area contributed by atoms with Crippen LogP contribution in [0.15, 0.2) is 30.3 Å². The van der Waals surface area contributed by atoms with Gasteiger partial charge in [0.15, 0.2) is 0 Å². The van der Waals surface area contributed by atoms with Crippen LogP contribution in [0.4, 0.5) is 5.69 Å². The van der Waals surface area contributed by atoms with Crippen molar-refractivity contribution in [3.05, 3.63) is 36.0 Å². The minimum Gasteiger partial charge on any atom is -0.368 e. The molecule has 0 saturated carbocycles. The van der Waals surface area contributed by atoms with Crippen molar-refractivity contribution in [3.8, 4) is 0 Å². The van der Waals surface area contributed by atoms with Gasteiger partial charge in [0.1, 0.15) is 0 Å². The molecule has 3 rings (SSSR count). The first-order valence-electron chi connectivity index (χ1n) is 7.60. The first-order valence-corrected chi connectivity index (χ1v) is 9.21. The summed E-state index contributed by atoms with van der Waals surface area (Å²) in [6, 6.07) is 10.2. The maximum Gasteiger partial charge on any atom is 0.213 e. The summed E-state index contributed by atoms with van der Waals surface area (Å²) in [4.78, 5) is 6.83. The van der Waals surface area contributed by atoms with Gasteiger partial charge >= 0.3 is 0 Å². The molecule has 1 aliphatic rings. The van der Waals surface area contributed by atoms with E-state index in [0.29, 0.717) is 26.2 Å². The Morgan fingerprint density at radius 1 is 1.14 bits per heavy atom. The van der Waals surface area contributed by atoms with Crippen molar-refractivity contribution in [1.82, 2.24) is 9.29 Å². The Hall–Kier alpha value is -1.66. The van der Waals surface area contributed by atoms with Crippen LogP contribution >= 0.6 is 0 Å². The average molecular weight is 319 g/mol. The molecular weight excluding hydrogens is 298 g/mol. The van der Waals surface area contributed by atoms with Gasteiger partial charge in [-0.1, -0.05) is 18.2 Å². The van der Waals surface area contributed by atoms with Crippen LogP contribution in [-0.4, -0.2) is 49.6 Å². The van der Waals surface area contributed by atoms with Gasteiger partial charge in [0.25, 0.3) is 0 Å². The van der Waals surface area contributed by atoms with Crippen molar-refractivity contribution < 1.29 is 8.42 Å². The minimum atomic E-state index is -3.08. The molecule has 0 bridgehead atoms. The van der Waals surface area contributed by atoms with Crippen LogP contribution in [0.2, 0.25) is 0 Å². The van der Waals surface area contributed by atoms with Crippen molar-refractivity contribution in [2.75, 3.05) is 36.8 Å². The number of pyridine rings is 1. The lowest BCUT2D eigenvalue weighted by Crippen LogP contribution is -2.49. The van der Waals surface area contributed by atoms with Crippen molar-refractivity contribution >= 4 is 26.6 Å². The Kier molecular flexibility index (Phi) is 4.06. The van der Waals surface area contributed by atoms with Gasteiger partial charge in [-0.15, -0.1) is 0 Å². The van der Waals surface area contributed by atoms with E-state index in [1.54, 1.807) is 11.2 Å². The number of hydrogen-bond donors (Lipinski definition) is 0. The molecule has 0 spiro atoms. The lowest BCUT2D eigenvalue weighted by Gasteiger charge is -2.35. The summed E-state index contributed by atoms with van der Waals surface area (Å²) in [5.41, 5.74) is 3.12. The first kappa shape index (κ1) is 15.2. The smallest absolute Gasteiger partial charge is 0.213 e. The molecular formula is C16H21N3O2S. The lowest BCUT2D eigenvalue weighted by molar-refractivity contribution is 0.386. The van der Waals surface area contributed by atoms with Gasteiger partial charge in [0, 0.05) is 42.9 Å². The van der Waals surface area contributed by atoms with Crippen molar-refractivity contribution in [2.45, 2.75) is 13.8 Å². The Morgan fingerprint density at radius 2 is 1.82 bits per heavy atom. The molecule has 0 unspecified atom stereocenters. The third-order valence-corrected chi connectivity index (χ3v) is 6.04. The first-order chi connectivity index (χ1) is 10.5. The summed E-state index contributed by atoms with van der Waals surface area (Å²) in [7, 11) is -3.08. The van der Waals surface area contributed by atoms with Crippen LogP contribution in [0.25, 0.3) is 10.9 Å². The molecule has 2 aromatic rings. The van der Waals surface area contributed by atoms with Gasteiger partial charge in [0.2, 0.25) is 10.0 Å². The highest BCUT2D eigenvalue weighted by atomic mass is 32.2. The molecule has 1 aliphatic heterocycles. The van der Waals surface area contributed by atoms with Crippen LogP contribution in [0.3, 0.4) is 0 Å². The number of hydrogen-bond acceptors (Lipinski definition) is 4. The molecule has 0 N–H and O–H groups in total. The summed E-state index contributed by atoms with van der Waals surface area (Å²) in [6.45, 7) is 6.21. The van der Waals surface area contributed by atoms with Crippen LogP contribution in [0.1, 0.15) is 12.6 Å². The molecule has 0 atom stereocenters. The normalized spacial score (nSPS) is 17.1. The molecule has 6 heteroatoms. The summed E-state index contributed by atoms with van der Waals surface area (Å²) in [5, 5.41) is 1.12. The highest BCUT2D eigenvalue weighted by Crippen LogP contribution is 2.27. The van der Waals surface area contributed by atoms with Crippen LogP contribution < -0.4 is 4.90 Å². The minimum absolute atomic E-state index is 0.171. The number of nitrogens with zero attached hydrogens (tertiary/aromatic N) is 3. The van der Waals surface area contributed by atoms with E-state index in [9.17, 15) is 8.42 Å².